The Balaban J connectivity index is 1.95. The average Bonchev–Trinajstić information content (AvgIpc) is 2.63. The van der Waals surface area contributed by atoms with E-state index in [2.05, 4.69) is 12.2 Å². The predicted octanol–water partition coefficient (Wildman–Crippen LogP) is 3.43. The van der Waals surface area contributed by atoms with E-state index in [0.29, 0.717) is 13.2 Å². The molecule has 0 fully saturated rings. The van der Waals surface area contributed by atoms with Crippen LogP contribution in [-0.2, 0) is 6.42 Å². The van der Waals surface area contributed by atoms with Crippen molar-refractivity contribution < 1.29 is 9.47 Å². The van der Waals surface area contributed by atoms with Crippen molar-refractivity contribution in [2.45, 2.75) is 32.6 Å². The van der Waals surface area contributed by atoms with Crippen molar-refractivity contribution in [3.05, 3.63) is 22.7 Å². The number of unbranched alkanes of at least 4 members (excludes halogenated alkanes) is 1. The molecule has 1 heterocycles. The molecular formula is C15H22ClNO2. The van der Waals surface area contributed by atoms with Gasteiger partial charge >= 0.3 is 0 Å². The van der Waals surface area contributed by atoms with Crippen LogP contribution in [0.2, 0.25) is 5.02 Å². The molecule has 0 unspecified atom stereocenters. The molecule has 1 aromatic carbocycles. The Labute approximate surface area is 120 Å². The fourth-order valence-electron chi connectivity index (χ4n) is 2.16. The maximum absolute atomic E-state index is 6.30. The van der Waals surface area contributed by atoms with Crippen LogP contribution in [0.5, 0.6) is 11.5 Å². The van der Waals surface area contributed by atoms with E-state index >= 15 is 0 Å². The molecule has 0 bridgehead atoms. The highest BCUT2D eigenvalue weighted by Gasteiger charge is 2.13. The smallest absolute Gasteiger partial charge is 0.162 e. The summed E-state index contributed by atoms with van der Waals surface area (Å²) < 4.78 is 11.3. The number of nitrogens with one attached hydrogen (secondary N) is 1. The lowest BCUT2D eigenvalue weighted by Gasteiger charge is -2.11. The number of ether oxygens (including phenoxy) is 2. The summed E-state index contributed by atoms with van der Waals surface area (Å²) in [6.45, 7) is 5.64. The Hall–Kier alpha value is -0.930. The fraction of sp³-hybridized carbons (Fsp3) is 0.600. The zero-order chi connectivity index (χ0) is 13.5. The minimum atomic E-state index is 0.700. The van der Waals surface area contributed by atoms with Crippen LogP contribution < -0.4 is 14.8 Å². The number of rotatable bonds is 6. The van der Waals surface area contributed by atoms with Crippen LogP contribution in [0.3, 0.4) is 0 Å². The van der Waals surface area contributed by atoms with Crippen LogP contribution in [0.25, 0.3) is 0 Å². The van der Waals surface area contributed by atoms with Gasteiger partial charge in [0.15, 0.2) is 11.5 Å². The molecule has 3 nitrogen and oxygen atoms in total. The Morgan fingerprint density at radius 1 is 1.16 bits per heavy atom. The predicted molar refractivity (Wildman–Crippen MR) is 78.5 cm³/mol. The van der Waals surface area contributed by atoms with E-state index in [1.54, 1.807) is 0 Å². The minimum absolute atomic E-state index is 0.700. The first-order valence-electron chi connectivity index (χ1n) is 7.10. The lowest BCUT2D eigenvalue weighted by atomic mass is 10.1. The van der Waals surface area contributed by atoms with Crippen molar-refractivity contribution >= 4 is 11.6 Å². The molecule has 0 atom stereocenters. The summed E-state index contributed by atoms with van der Waals surface area (Å²) in [4.78, 5) is 0. The van der Waals surface area contributed by atoms with Crippen LogP contribution in [0, 0.1) is 0 Å². The molecule has 0 saturated heterocycles. The second-order valence-corrected chi connectivity index (χ2v) is 5.16. The second-order valence-electron chi connectivity index (χ2n) is 4.75. The first-order chi connectivity index (χ1) is 9.31. The van der Waals surface area contributed by atoms with Gasteiger partial charge in [0, 0.05) is 17.5 Å². The largest absolute Gasteiger partial charge is 0.490 e. The van der Waals surface area contributed by atoms with Crippen molar-refractivity contribution in [3.63, 3.8) is 0 Å². The topological polar surface area (TPSA) is 30.5 Å². The SMILES string of the molecule is CCNCCCCc1cc2c(cc1Cl)OCCCO2. The van der Waals surface area contributed by atoms with E-state index in [9.17, 15) is 0 Å². The van der Waals surface area contributed by atoms with Gasteiger partial charge in [0.2, 0.25) is 0 Å². The highest BCUT2D eigenvalue weighted by atomic mass is 35.5. The molecule has 0 aliphatic carbocycles. The van der Waals surface area contributed by atoms with Gasteiger partial charge in [0.1, 0.15) is 0 Å². The number of hydrogen-bond acceptors (Lipinski definition) is 3. The van der Waals surface area contributed by atoms with Crippen molar-refractivity contribution in [2.24, 2.45) is 0 Å². The van der Waals surface area contributed by atoms with Gasteiger partial charge in [-0.3, -0.25) is 0 Å². The summed E-state index contributed by atoms with van der Waals surface area (Å²) >= 11 is 6.30. The van der Waals surface area contributed by atoms with Crippen LogP contribution in [-0.4, -0.2) is 26.3 Å². The van der Waals surface area contributed by atoms with Gasteiger partial charge in [-0.05, 0) is 44.0 Å². The van der Waals surface area contributed by atoms with Gasteiger partial charge in [-0.2, -0.15) is 0 Å². The van der Waals surface area contributed by atoms with Gasteiger partial charge < -0.3 is 14.8 Å². The van der Waals surface area contributed by atoms with Gasteiger partial charge in [-0.15, -0.1) is 0 Å². The molecule has 1 N–H and O–H groups in total. The Morgan fingerprint density at radius 2 is 1.89 bits per heavy atom. The molecule has 0 saturated carbocycles. The molecule has 0 radical (unpaired) electrons. The summed E-state index contributed by atoms with van der Waals surface area (Å²) in [6, 6.07) is 3.93. The molecule has 1 aliphatic rings. The summed E-state index contributed by atoms with van der Waals surface area (Å²) in [5.74, 6) is 1.61. The van der Waals surface area contributed by atoms with Crippen molar-refractivity contribution in [3.8, 4) is 11.5 Å². The van der Waals surface area contributed by atoms with Gasteiger partial charge in [-0.1, -0.05) is 18.5 Å². The molecule has 2 rings (SSSR count). The van der Waals surface area contributed by atoms with Crippen LogP contribution in [0.4, 0.5) is 0 Å². The molecule has 19 heavy (non-hydrogen) atoms. The number of halogens is 1. The molecule has 1 aliphatic heterocycles. The highest BCUT2D eigenvalue weighted by molar-refractivity contribution is 6.31. The van der Waals surface area contributed by atoms with E-state index < -0.39 is 0 Å². The molecule has 4 heteroatoms. The van der Waals surface area contributed by atoms with Crippen molar-refractivity contribution in [2.75, 3.05) is 26.3 Å². The lowest BCUT2D eigenvalue weighted by molar-refractivity contribution is 0.297. The van der Waals surface area contributed by atoms with Gasteiger partial charge in [0.05, 0.1) is 13.2 Å². The number of benzene rings is 1. The second kappa shape index (κ2) is 7.61. The zero-order valence-corrected chi connectivity index (χ0v) is 12.3. The van der Waals surface area contributed by atoms with Crippen LogP contribution in [0.15, 0.2) is 12.1 Å². The first kappa shape index (κ1) is 14.5. The summed E-state index contributed by atoms with van der Waals surface area (Å²) in [7, 11) is 0. The molecule has 0 spiro atoms. The Kier molecular flexibility index (Phi) is 5.80. The van der Waals surface area contributed by atoms with Crippen LogP contribution in [0.1, 0.15) is 31.7 Å². The van der Waals surface area contributed by atoms with Gasteiger partial charge in [0.25, 0.3) is 0 Å². The minimum Gasteiger partial charge on any atom is -0.490 e. The standard InChI is InChI=1S/C15H22ClNO2/c1-2-17-7-4-3-6-12-10-14-15(11-13(12)16)19-9-5-8-18-14/h10-11,17H,2-9H2,1H3. The third kappa shape index (κ3) is 4.29. The summed E-state index contributed by atoms with van der Waals surface area (Å²) in [6.07, 6.45) is 4.20. The van der Waals surface area contributed by atoms with E-state index in [4.69, 9.17) is 21.1 Å². The zero-order valence-electron chi connectivity index (χ0n) is 11.5. The van der Waals surface area contributed by atoms with Gasteiger partial charge in [-0.25, -0.2) is 0 Å². The molecule has 1 aromatic rings. The fourth-order valence-corrected chi connectivity index (χ4v) is 2.41. The first-order valence-corrected chi connectivity index (χ1v) is 7.48. The maximum atomic E-state index is 6.30. The number of hydrogen-bond donors (Lipinski definition) is 1. The number of aryl methyl sites for hydroxylation is 1. The summed E-state index contributed by atoms with van der Waals surface area (Å²) in [5, 5.41) is 4.11. The van der Waals surface area contributed by atoms with E-state index in [1.165, 1.54) is 6.42 Å². The lowest BCUT2D eigenvalue weighted by Crippen LogP contribution is -2.13. The maximum Gasteiger partial charge on any atom is 0.162 e. The molecular weight excluding hydrogens is 262 g/mol. The molecule has 0 amide bonds. The average molecular weight is 284 g/mol. The monoisotopic (exact) mass is 283 g/mol. The third-order valence-corrected chi connectivity index (χ3v) is 3.57. The normalized spacial score (nSPS) is 14.2. The molecule has 0 aromatic heterocycles. The van der Waals surface area contributed by atoms with Crippen molar-refractivity contribution in [1.82, 2.24) is 5.32 Å². The molecule has 106 valence electrons. The summed E-state index contributed by atoms with van der Waals surface area (Å²) in [5.41, 5.74) is 1.16. The van der Waals surface area contributed by atoms with Crippen LogP contribution >= 0.6 is 11.6 Å². The van der Waals surface area contributed by atoms with E-state index in [-0.39, 0.29) is 0 Å². The quantitative estimate of drug-likeness (QED) is 0.812. The Morgan fingerprint density at radius 3 is 2.63 bits per heavy atom. The Bertz CT molecular complexity index is 409. The number of fused-ring (bicyclic) bond motifs is 1. The van der Waals surface area contributed by atoms with E-state index in [1.807, 2.05) is 12.1 Å². The third-order valence-electron chi connectivity index (χ3n) is 3.22. The van der Waals surface area contributed by atoms with E-state index in [0.717, 1.165) is 54.4 Å². The highest BCUT2D eigenvalue weighted by Crippen LogP contribution is 2.35. The van der Waals surface area contributed by atoms with Crippen molar-refractivity contribution in [1.29, 1.82) is 0 Å².